The first-order valence-corrected chi connectivity index (χ1v) is 6.20. The quantitative estimate of drug-likeness (QED) is 0.520. The SMILES string of the molecule is Cc1cc2c(C(C)C)cc(C(C)C)cc2[cH-]1.[Ti]. The van der Waals surface area contributed by atoms with E-state index in [0.29, 0.717) is 11.8 Å². The first-order chi connectivity index (χ1) is 7.49. The molecule has 0 radical (unpaired) electrons. The van der Waals surface area contributed by atoms with Crippen LogP contribution in [0, 0.1) is 6.92 Å². The zero-order chi connectivity index (χ0) is 11.9. The Hall–Kier alpha value is -0.456. The molecule has 0 amide bonds. The molecule has 0 aromatic heterocycles. The summed E-state index contributed by atoms with van der Waals surface area (Å²) in [5.41, 5.74) is 4.33. The summed E-state index contributed by atoms with van der Waals surface area (Å²) in [5.74, 6) is 1.21. The van der Waals surface area contributed by atoms with Crippen LogP contribution in [0.1, 0.15) is 56.2 Å². The van der Waals surface area contributed by atoms with E-state index in [1.165, 1.54) is 27.5 Å². The Morgan fingerprint density at radius 2 is 1.59 bits per heavy atom. The van der Waals surface area contributed by atoms with E-state index < -0.39 is 0 Å². The normalized spacial score (nSPS) is 11.2. The molecule has 1 heteroatoms. The molecule has 17 heavy (non-hydrogen) atoms. The predicted octanol–water partition coefficient (Wildman–Crippen LogP) is 5.11. The Morgan fingerprint density at radius 3 is 2.12 bits per heavy atom. The summed E-state index contributed by atoms with van der Waals surface area (Å²) < 4.78 is 0. The molecule has 0 spiro atoms. The van der Waals surface area contributed by atoms with Crippen LogP contribution in [0.4, 0.5) is 0 Å². The summed E-state index contributed by atoms with van der Waals surface area (Å²) in [6.45, 7) is 11.3. The topological polar surface area (TPSA) is 0 Å². The van der Waals surface area contributed by atoms with E-state index in [4.69, 9.17) is 0 Å². The summed E-state index contributed by atoms with van der Waals surface area (Å²) in [4.78, 5) is 0. The molecular weight excluding hydrogens is 240 g/mol. The molecule has 0 bridgehead atoms. The van der Waals surface area contributed by atoms with Crippen LogP contribution in [0.2, 0.25) is 0 Å². The van der Waals surface area contributed by atoms with E-state index in [0.717, 1.165) is 0 Å². The van der Waals surface area contributed by atoms with Crippen molar-refractivity contribution in [2.75, 3.05) is 0 Å². The average Bonchev–Trinajstić information content (AvgIpc) is 2.55. The molecule has 0 saturated heterocycles. The van der Waals surface area contributed by atoms with Gasteiger partial charge in [0.15, 0.2) is 0 Å². The van der Waals surface area contributed by atoms with Gasteiger partial charge in [-0.2, -0.15) is 6.07 Å². The molecule has 0 aliphatic heterocycles. The van der Waals surface area contributed by atoms with Crippen molar-refractivity contribution < 1.29 is 21.7 Å². The minimum Gasteiger partial charge on any atom is -0.165 e. The van der Waals surface area contributed by atoms with Crippen LogP contribution >= 0.6 is 0 Å². The van der Waals surface area contributed by atoms with Gasteiger partial charge < -0.3 is 0 Å². The van der Waals surface area contributed by atoms with Crippen molar-refractivity contribution in [3.05, 3.63) is 41.0 Å². The van der Waals surface area contributed by atoms with Gasteiger partial charge in [-0.25, -0.2) is 0 Å². The number of fused-ring (bicyclic) bond motifs is 1. The first kappa shape index (κ1) is 14.6. The maximum Gasteiger partial charge on any atom is 0 e. The summed E-state index contributed by atoms with van der Waals surface area (Å²) in [6, 6.07) is 9.35. The summed E-state index contributed by atoms with van der Waals surface area (Å²) in [5, 5.41) is 2.85. The van der Waals surface area contributed by atoms with Gasteiger partial charge in [-0.1, -0.05) is 51.8 Å². The van der Waals surface area contributed by atoms with Crippen molar-refractivity contribution in [3.8, 4) is 0 Å². The van der Waals surface area contributed by atoms with E-state index >= 15 is 0 Å². The van der Waals surface area contributed by atoms with Crippen LogP contribution in [0.15, 0.2) is 24.3 Å². The van der Waals surface area contributed by atoms with Crippen LogP contribution in [0.5, 0.6) is 0 Å². The van der Waals surface area contributed by atoms with Crippen LogP contribution in [0.3, 0.4) is 0 Å². The van der Waals surface area contributed by atoms with Crippen molar-refractivity contribution in [1.29, 1.82) is 0 Å². The van der Waals surface area contributed by atoms with Crippen molar-refractivity contribution in [1.82, 2.24) is 0 Å². The molecule has 0 nitrogen and oxygen atoms in total. The number of benzene rings is 1. The molecule has 2 aromatic carbocycles. The number of aryl methyl sites for hydroxylation is 1. The Kier molecular flexibility index (Phi) is 4.69. The summed E-state index contributed by atoms with van der Waals surface area (Å²) >= 11 is 0. The van der Waals surface area contributed by atoms with Crippen molar-refractivity contribution in [2.24, 2.45) is 0 Å². The molecule has 0 fully saturated rings. The van der Waals surface area contributed by atoms with E-state index in [1.54, 1.807) is 0 Å². The maximum atomic E-state index is 2.39. The second kappa shape index (κ2) is 5.46. The van der Waals surface area contributed by atoms with Crippen LogP contribution in [-0.4, -0.2) is 0 Å². The molecule has 2 rings (SSSR count). The molecule has 0 saturated carbocycles. The Balaban J connectivity index is 0.00000144. The van der Waals surface area contributed by atoms with Gasteiger partial charge >= 0.3 is 0 Å². The largest absolute Gasteiger partial charge is 0.165 e. The van der Waals surface area contributed by atoms with Gasteiger partial charge in [-0.3, -0.25) is 0 Å². The number of hydrogen-bond acceptors (Lipinski definition) is 0. The third-order valence-electron chi connectivity index (χ3n) is 3.31. The minimum atomic E-state index is 0. The smallest absolute Gasteiger partial charge is 0 e. The van der Waals surface area contributed by atoms with E-state index in [1.807, 2.05) is 0 Å². The van der Waals surface area contributed by atoms with Gasteiger partial charge in [-0.05, 0) is 11.8 Å². The van der Waals surface area contributed by atoms with Gasteiger partial charge in [0.2, 0.25) is 0 Å². The Bertz CT molecular complexity index is 503. The van der Waals surface area contributed by atoms with Crippen molar-refractivity contribution >= 4 is 10.8 Å². The number of rotatable bonds is 2. The van der Waals surface area contributed by atoms with Crippen LogP contribution in [-0.2, 0) is 21.7 Å². The van der Waals surface area contributed by atoms with Crippen LogP contribution < -0.4 is 0 Å². The third kappa shape index (κ3) is 2.87. The maximum absolute atomic E-state index is 2.39. The van der Waals surface area contributed by atoms with Gasteiger partial charge in [0.05, 0.1) is 0 Å². The molecule has 2 aromatic rings. The Labute approximate surface area is 120 Å². The van der Waals surface area contributed by atoms with Gasteiger partial charge in [0.1, 0.15) is 0 Å². The molecule has 0 aliphatic rings. The zero-order valence-electron chi connectivity index (χ0n) is 11.5. The zero-order valence-corrected chi connectivity index (χ0v) is 13.0. The van der Waals surface area contributed by atoms with Gasteiger partial charge in [0, 0.05) is 21.7 Å². The Morgan fingerprint density at radius 1 is 0.941 bits per heavy atom. The van der Waals surface area contributed by atoms with Crippen molar-refractivity contribution in [2.45, 2.75) is 46.5 Å². The van der Waals surface area contributed by atoms with E-state index in [-0.39, 0.29) is 21.7 Å². The fourth-order valence-corrected chi connectivity index (χ4v) is 2.33. The monoisotopic (exact) mass is 261 g/mol. The van der Waals surface area contributed by atoms with E-state index in [2.05, 4.69) is 58.9 Å². The molecule has 0 atom stereocenters. The van der Waals surface area contributed by atoms with E-state index in [9.17, 15) is 0 Å². The number of hydrogen-bond donors (Lipinski definition) is 0. The molecule has 0 N–H and O–H groups in total. The standard InChI is InChI=1S/C16H21.Ti/c1-10(2)13-8-14-6-12(5)7-16(14)15(9-13)11(3)4;/h6-11H,1-5H3;/q-1;. The fourth-order valence-electron chi connectivity index (χ4n) is 2.33. The summed E-state index contributed by atoms with van der Waals surface area (Å²) in [7, 11) is 0. The molecule has 0 unspecified atom stereocenters. The van der Waals surface area contributed by atoms with Gasteiger partial charge in [0.25, 0.3) is 0 Å². The van der Waals surface area contributed by atoms with Crippen LogP contribution in [0.25, 0.3) is 10.8 Å². The van der Waals surface area contributed by atoms with Crippen molar-refractivity contribution in [3.63, 3.8) is 0 Å². The van der Waals surface area contributed by atoms with Gasteiger partial charge in [-0.15, -0.1) is 28.5 Å². The first-order valence-electron chi connectivity index (χ1n) is 6.20. The third-order valence-corrected chi connectivity index (χ3v) is 3.31. The molecule has 0 heterocycles. The summed E-state index contributed by atoms with van der Waals surface area (Å²) in [6.07, 6.45) is 0. The molecule has 0 aliphatic carbocycles. The minimum absolute atomic E-state index is 0. The molecular formula is C16H21Ti-. The predicted molar refractivity (Wildman–Crippen MR) is 72.5 cm³/mol. The average molecular weight is 261 g/mol. The molecule has 90 valence electrons. The fraction of sp³-hybridized carbons (Fsp3) is 0.438. The second-order valence-corrected chi connectivity index (χ2v) is 5.46. The second-order valence-electron chi connectivity index (χ2n) is 5.46.